The number of rotatable bonds is 6. The molecule has 0 N–H and O–H groups in total. The van der Waals surface area contributed by atoms with Gasteiger partial charge in [0.2, 0.25) is 0 Å². The molecule has 1 heteroatoms. The molecule has 0 amide bonds. The predicted molar refractivity (Wildman–Crippen MR) is 48.6 cm³/mol. The van der Waals surface area contributed by atoms with Gasteiger partial charge in [0.1, 0.15) is 5.78 Å². The molecule has 0 aromatic heterocycles. The Morgan fingerprint density at radius 3 is 2.36 bits per heavy atom. The molecule has 0 aliphatic heterocycles. The van der Waals surface area contributed by atoms with Gasteiger partial charge in [-0.3, -0.25) is 4.79 Å². The number of carbonyl (C=O) groups is 1. The summed E-state index contributed by atoms with van der Waals surface area (Å²) in [6, 6.07) is 0. The van der Waals surface area contributed by atoms with Crippen LogP contribution in [-0.2, 0) is 4.79 Å². The van der Waals surface area contributed by atoms with Crippen molar-refractivity contribution in [3.05, 3.63) is 12.2 Å². The van der Waals surface area contributed by atoms with Crippen LogP contribution in [0.15, 0.2) is 12.2 Å². The molecule has 11 heavy (non-hydrogen) atoms. The lowest BCUT2D eigenvalue weighted by Gasteiger charge is -1.91. The van der Waals surface area contributed by atoms with Gasteiger partial charge in [0.15, 0.2) is 0 Å². The highest BCUT2D eigenvalue weighted by Crippen LogP contribution is 1.97. The van der Waals surface area contributed by atoms with Crippen LogP contribution < -0.4 is 0 Å². The Labute approximate surface area is 69.5 Å². The van der Waals surface area contributed by atoms with E-state index in [9.17, 15) is 4.79 Å². The molecule has 0 rings (SSSR count). The van der Waals surface area contributed by atoms with Gasteiger partial charge in [0, 0.05) is 12.8 Å². The largest absolute Gasteiger partial charge is 0.300 e. The summed E-state index contributed by atoms with van der Waals surface area (Å²) in [4.78, 5) is 10.8. The fourth-order valence-electron chi connectivity index (χ4n) is 0.823. The van der Waals surface area contributed by atoms with Crippen molar-refractivity contribution in [1.82, 2.24) is 0 Å². The van der Waals surface area contributed by atoms with E-state index in [-0.39, 0.29) is 0 Å². The summed E-state index contributed by atoms with van der Waals surface area (Å²) in [6.07, 6.45) is 8.92. The topological polar surface area (TPSA) is 17.1 Å². The lowest BCUT2D eigenvalue weighted by atomic mass is 10.1. The highest BCUT2D eigenvalue weighted by Gasteiger charge is 1.93. The zero-order chi connectivity index (χ0) is 8.53. The maximum atomic E-state index is 10.8. The normalized spacial score (nSPS) is 10.7. The van der Waals surface area contributed by atoms with Gasteiger partial charge in [-0.1, -0.05) is 32.4 Å². The van der Waals surface area contributed by atoms with Gasteiger partial charge in [0.05, 0.1) is 0 Å². The van der Waals surface area contributed by atoms with Crippen molar-refractivity contribution >= 4 is 5.78 Å². The SMILES string of the molecule is CCC/C=C\CCC(=O)CC. The molecule has 0 saturated carbocycles. The minimum atomic E-state index is 0.367. The molecule has 1 nitrogen and oxygen atoms in total. The maximum absolute atomic E-state index is 10.8. The zero-order valence-electron chi connectivity index (χ0n) is 7.60. The van der Waals surface area contributed by atoms with Gasteiger partial charge in [-0.05, 0) is 12.8 Å². The third-order valence-electron chi connectivity index (χ3n) is 1.61. The summed E-state index contributed by atoms with van der Waals surface area (Å²) in [7, 11) is 0. The van der Waals surface area contributed by atoms with E-state index in [1.54, 1.807) is 0 Å². The lowest BCUT2D eigenvalue weighted by Crippen LogP contribution is -1.92. The average Bonchev–Trinajstić information content (AvgIpc) is 2.04. The molecule has 0 aliphatic rings. The van der Waals surface area contributed by atoms with E-state index in [0.29, 0.717) is 12.2 Å². The third-order valence-corrected chi connectivity index (χ3v) is 1.61. The van der Waals surface area contributed by atoms with Gasteiger partial charge in [-0.2, -0.15) is 0 Å². The maximum Gasteiger partial charge on any atom is 0.132 e. The molecule has 0 spiro atoms. The van der Waals surface area contributed by atoms with E-state index in [2.05, 4.69) is 19.1 Å². The van der Waals surface area contributed by atoms with E-state index in [0.717, 1.165) is 19.3 Å². The number of allylic oxidation sites excluding steroid dienone is 2. The fourth-order valence-corrected chi connectivity index (χ4v) is 0.823. The van der Waals surface area contributed by atoms with Crippen LogP contribution in [0, 0.1) is 0 Å². The van der Waals surface area contributed by atoms with Crippen LogP contribution >= 0.6 is 0 Å². The van der Waals surface area contributed by atoms with Crippen molar-refractivity contribution in [3.8, 4) is 0 Å². The summed E-state index contributed by atoms with van der Waals surface area (Å²) in [5.41, 5.74) is 0. The number of Topliss-reactive ketones (excluding diaryl/α,β-unsaturated/α-hetero) is 1. The first-order chi connectivity index (χ1) is 5.31. The van der Waals surface area contributed by atoms with Crippen molar-refractivity contribution in [2.45, 2.75) is 46.0 Å². The Balaban J connectivity index is 3.19. The Hall–Kier alpha value is -0.590. The summed E-state index contributed by atoms with van der Waals surface area (Å²) in [5.74, 6) is 0.367. The Morgan fingerprint density at radius 2 is 1.82 bits per heavy atom. The van der Waals surface area contributed by atoms with Gasteiger partial charge < -0.3 is 0 Å². The molecule has 0 radical (unpaired) electrons. The summed E-state index contributed by atoms with van der Waals surface area (Å²) in [5, 5.41) is 0. The van der Waals surface area contributed by atoms with E-state index >= 15 is 0 Å². The number of hydrogen-bond donors (Lipinski definition) is 0. The highest BCUT2D eigenvalue weighted by molar-refractivity contribution is 5.78. The molecule has 0 fully saturated rings. The van der Waals surface area contributed by atoms with E-state index < -0.39 is 0 Å². The van der Waals surface area contributed by atoms with E-state index in [4.69, 9.17) is 0 Å². The third kappa shape index (κ3) is 7.31. The molecule has 0 aromatic rings. The Kier molecular flexibility index (Phi) is 7.11. The standard InChI is InChI=1S/C10H18O/c1-3-5-6-7-8-9-10(11)4-2/h6-7H,3-5,8-9H2,1-2H3/b7-6-. The van der Waals surface area contributed by atoms with Crippen LogP contribution in [0.4, 0.5) is 0 Å². The van der Waals surface area contributed by atoms with Crippen LogP contribution in [0.1, 0.15) is 46.0 Å². The van der Waals surface area contributed by atoms with Crippen molar-refractivity contribution in [2.75, 3.05) is 0 Å². The van der Waals surface area contributed by atoms with E-state index in [1.807, 2.05) is 6.92 Å². The molecule has 0 aliphatic carbocycles. The monoisotopic (exact) mass is 154 g/mol. The first kappa shape index (κ1) is 10.4. The minimum absolute atomic E-state index is 0.367. The second-order valence-corrected chi connectivity index (χ2v) is 2.69. The summed E-state index contributed by atoms with van der Waals surface area (Å²) < 4.78 is 0. The van der Waals surface area contributed by atoms with Crippen LogP contribution in [0.5, 0.6) is 0 Å². The smallest absolute Gasteiger partial charge is 0.132 e. The van der Waals surface area contributed by atoms with Gasteiger partial charge in [-0.15, -0.1) is 0 Å². The minimum Gasteiger partial charge on any atom is -0.300 e. The zero-order valence-corrected chi connectivity index (χ0v) is 7.60. The van der Waals surface area contributed by atoms with Crippen molar-refractivity contribution < 1.29 is 4.79 Å². The number of carbonyl (C=O) groups excluding carboxylic acids is 1. The first-order valence-electron chi connectivity index (χ1n) is 4.48. The van der Waals surface area contributed by atoms with Crippen LogP contribution in [0.2, 0.25) is 0 Å². The van der Waals surface area contributed by atoms with Crippen LogP contribution in [0.3, 0.4) is 0 Å². The lowest BCUT2D eigenvalue weighted by molar-refractivity contribution is -0.118. The number of unbranched alkanes of at least 4 members (excludes halogenated alkanes) is 1. The molecule has 64 valence electrons. The molecule has 0 heterocycles. The molecule has 0 unspecified atom stereocenters. The highest BCUT2D eigenvalue weighted by atomic mass is 16.1. The van der Waals surface area contributed by atoms with Gasteiger partial charge >= 0.3 is 0 Å². The second kappa shape index (κ2) is 7.52. The molecule has 0 bridgehead atoms. The van der Waals surface area contributed by atoms with Gasteiger partial charge in [-0.25, -0.2) is 0 Å². The van der Waals surface area contributed by atoms with Crippen molar-refractivity contribution in [1.29, 1.82) is 0 Å². The summed E-state index contributed by atoms with van der Waals surface area (Å²) >= 11 is 0. The molecule has 0 atom stereocenters. The Morgan fingerprint density at radius 1 is 1.18 bits per heavy atom. The average molecular weight is 154 g/mol. The fraction of sp³-hybridized carbons (Fsp3) is 0.700. The second-order valence-electron chi connectivity index (χ2n) is 2.69. The number of hydrogen-bond acceptors (Lipinski definition) is 1. The predicted octanol–water partition coefficient (Wildman–Crippen LogP) is 3.10. The molecule has 0 saturated heterocycles. The number of ketones is 1. The van der Waals surface area contributed by atoms with Crippen molar-refractivity contribution in [3.63, 3.8) is 0 Å². The first-order valence-corrected chi connectivity index (χ1v) is 4.48. The van der Waals surface area contributed by atoms with Crippen LogP contribution in [-0.4, -0.2) is 5.78 Å². The van der Waals surface area contributed by atoms with Gasteiger partial charge in [0.25, 0.3) is 0 Å². The molecular weight excluding hydrogens is 136 g/mol. The van der Waals surface area contributed by atoms with E-state index in [1.165, 1.54) is 6.42 Å². The quantitative estimate of drug-likeness (QED) is 0.537. The molecular formula is C10H18O. The molecule has 0 aromatic carbocycles. The Bertz CT molecular complexity index is 125. The summed E-state index contributed by atoms with van der Waals surface area (Å²) in [6.45, 7) is 4.07. The van der Waals surface area contributed by atoms with Crippen LogP contribution in [0.25, 0.3) is 0 Å². The van der Waals surface area contributed by atoms with Crippen molar-refractivity contribution in [2.24, 2.45) is 0 Å².